The zero-order chi connectivity index (χ0) is 22.2. The Morgan fingerprint density at radius 3 is 2.10 bits per heavy atom. The highest BCUT2D eigenvalue weighted by atomic mass is 16.5. The molecule has 1 heterocycles. The van der Waals surface area contributed by atoms with Gasteiger partial charge in [-0.3, -0.25) is 14.4 Å². The highest BCUT2D eigenvalue weighted by Gasteiger charge is 2.24. The van der Waals surface area contributed by atoms with Crippen LogP contribution in [0.3, 0.4) is 0 Å². The van der Waals surface area contributed by atoms with Gasteiger partial charge in [-0.2, -0.15) is 0 Å². The Labute approximate surface area is 183 Å². The van der Waals surface area contributed by atoms with Crippen molar-refractivity contribution in [3.63, 3.8) is 0 Å². The third kappa shape index (κ3) is 6.95. The van der Waals surface area contributed by atoms with Crippen molar-refractivity contribution in [3.05, 3.63) is 65.2 Å². The van der Waals surface area contributed by atoms with Crippen LogP contribution in [0, 0.1) is 13.8 Å². The molecule has 0 bridgehead atoms. The first-order valence-electron chi connectivity index (χ1n) is 10.8. The highest BCUT2D eigenvalue weighted by Crippen LogP contribution is 2.14. The molecule has 6 nitrogen and oxygen atoms in total. The number of ether oxygens (including phenoxy) is 1. The monoisotopic (exact) mass is 422 g/mol. The average Bonchev–Trinajstić information content (AvgIpc) is 2.78. The van der Waals surface area contributed by atoms with E-state index >= 15 is 0 Å². The maximum atomic E-state index is 12.4. The summed E-state index contributed by atoms with van der Waals surface area (Å²) in [7, 11) is 0. The lowest BCUT2D eigenvalue weighted by Gasteiger charge is -2.32. The van der Waals surface area contributed by atoms with Gasteiger partial charge in [0.1, 0.15) is 5.75 Å². The van der Waals surface area contributed by atoms with Crippen LogP contribution in [0.2, 0.25) is 0 Å². The van der Waals surface area contributed by atoms with E-state index in [1.807, 2.05) is 50.2 Å². The number of amides is 2. The summed E-state index contributed by atoms with van der Waals surface area (Å²) in [6.45, 7) is 5.16. The first-order valence-corrected chi connectivity index (χ1v) is 10.8. The number of nitrogens with zero attached hydrogens (tertiary/aromatic N) is 1. The number of carbonyl (C=O) groups excluding carboxylic acids is 3. The van der Waals surface area contributed by atoms with E-state index in [2.05, 4.69) is 5.32 Å². The van der Waals surface area contributed by atoms with Crippen molar-refractivity contribution in [2.24, 2.45) is 0 Å². The highest BCUT2D eigenvalue weighted by molar-refractivity contribution is 5.98. The summed E-state index contributed by atoms with van der Waals surface area (Å²) in [6, 6.07) is 15.0. The predicted molar refractivity (Wildman–Crippen MR) is 119 cm³/mol. The molecule has 0 aromatic heterocycles. The molecule has 1 aliphatic heterocycles. The molecular weight excluding hydrogens is 392 g/mol. The molecular formula is C25H30N2O4. The molecule has 0 spiro atoms. The van der Waals surface area contributed by atoms with Crippen LogP contribution in [0.5, 0.6) is 5.75 Å². The van der Waals surface area contributed by atoms with E-state index in [4.69, 9.17) is 4.74 Å². The molecule has 0 aliphatic carbocycles. The quantitative estimate of drug-likeness (QED) is 0.661. The lowest BCUT2D eigenvalue weighted by Crippen LogP contribution is -2.47. The van der Waals surface area contributed by atoms with Gasteiger partial charge in [-0.1, -0.05) is 47.5 Å². The van der Waals surface area contributed by atoms with Crippen molar-refractivity contribution in [1.29, 1.82) is 0 Å². The number of benzene rings is 2. The summed E-state index contributed by atoms with van der Waals surface area (Å²) in [5, 5.41) is 3.00. The number of aryl methyl sites for hydroxylation is 2. The number of rotatable bonds is 8. The molecule has 6 heteroatoms. The van der Waals surface area contributed by atoms with Crippen LogP contribution in [0.15, 0.2) is 48.5 Å². The zero-order valence-corrected chi connectivity index (χ0v) is 18.2. The Bertz CT molecular complexity index is 898. The van der Waals surface area contributed by atoms with E-state index in [1.165, 1.54) is 0 Å². The molecule has 1 aliphatic rings. The van der Waals surface area contributed by atoms with Gasteiger partial charge >= 0.3 is 0 Å². The van der Waals surface area contributed by atoms with E-state index in [-0.39, 0.29) is 43.1 Å². The molecule has 0 atom stereocenters. The topological polar surface area (TPSA) is 75.7 Å². The molecule has 1 N–H and O–H groups in total. The van der Waals surface area contributed by atoms with Crippen LogP contribution in [-0.4, -0.2) is 48.2 Å². The standard InChI is InChI=1S/C25H30N2O4/c1-18-3-7-20(8-4-18)23(28)11-12-24(29)26-21-13-15-27(16-14-21)25(30)17-31-22-9-5-19(2)6-10-22/h3-10,21H,11-17H2,1-2H3,(H,26,29). The Kier molecular flexibility index (Phi) is 7.82. The largest absolute Gasteiger partial charge is 0.484 e. The fourth-order valence-corrected chi connectivity index (χ4v) is 3.55. The van der Waals surface area contributed by atoms with Gasteiger partial charge in [0.2, 0.25) is 5.91 Å². The lowest BCUT2D eigenvalue weighted by atomic mass is 10.0. The van der Waals surface area contributed by atoms with Crippen LogP contribution in [0.4, 0.5) is 0 Å². The average molecular weight is 423 g/mol. The first kappa shape index (κ1) is 22.5. The molecule has 164 valence electrons. The number of carbonyl (C=O) groups is 3. The number of hydrogen-bond acceptors (Lipinski definition) is 4. The second-order valence-corrected chi connectivity index (χ2v) is 8.11. The maximum absolute atomic E-state index is 12.4. The zero-order valence-electron chi connectivity index (χ0n) is 18.2. The minimum absolute atomic E-state index is 0.0151. The number of piperidine rings is 1. The Morgan fingerprint density at radius 2 is 1.48 bits per heavy atom. The molecule has 1 saturated heterocycles. The van der Waals surface area contributed by atoms with E-state index in [1.54, 1.807) is 17.0 Å². The normalized spacial score (nSPS) is 14.2. The van der Waals surface area contributed by atoms with E-state index in [0.29, 0.717) is 37.2 Å². The number of likely N-dealkylation sites (tertiary alicyclic amines) is 1. The molecule has 31 heavy (non-hydrogen) atoms. The molecule has 0 radical (unpaired) electrons. The van der Waals surface area contributed by atoms with E-state index in [9.17, 15) is 14.4 Å². The fraction of sp³-hybridized carbons (Fsp3) is 0.400. The summed E-state index contributed by atoms with van der Waals surface area (Å²) in [6.07, 6.45) is 1.78. The molecule has 3 rings (SSSR count). The predicted octanol–water partition coefficient (Wildman–Crippen LogP) is 3.45. The van der Waals surface area contributed by atoms with Crippen LogP contribution in [0.1, 0.15) is 47.2 Å². The van der Waals surface area contributed by atoms with E-state index < -0.39 is 0 Å². The number of hydrogen-bond donors (Lipinski definition) is 1. The smallest absolute Gasteiger partial charge is 0.260 e. The van der Waals surface area contributed by atoms with Crippen LogP contribution < -0.4 is 10.1 Å². The van der Waals surface area contributed by atoms with Gasteiger partial charge in [0.15, 0.2) is 12.4 Å². The summed E-state index contributed by atoms with van der Waals surface area (Å²) >= 11 is 0. The Morgan fingerprint density at radius 1 is 0.903 bits per heavy atom. The fourth-order valence-electron chi connectivity index (χ4n) is 3.55. The molecule has 0 saturated carbocycles. The SMILES string of the molecule is Cc1ccc(OCC(=O)N2CCC(NC(=O)CCC(=O)c3ccc(C)cc3)CC2)cc1. The molecule has 1 fully saturated rings. The van der Waals surface area contributed by atoms with Gasteiger partial charge in [-0.25, -0.2) is 0 Å². The minimum Gasteiger partial charge on any atom is -0.484 e. The van der Waals surface area contributed by atoms with E-state index in [0.717, 1.165) is 11.1 Å². The minimum atomic E-state index is -0.118. The van der Waals surface area contributed by atoms with Crippen LogP contribution in [-0.2, 0) is 9.59 Å². The van der Waals surface area contributed by atoms with Crippen molar-refractivity contribution in [2.75, 3.05) is 19.7 Å². The lowest BCUT2D eigenvalue weighted by molar-refractivity contribution is -0.134. The second-order valence-electron chi connectivity index (χ2n) is 8.11. The molecule has 2 aromatic rings. The Hall–Kier alpha value is -3.15. The number of ketones is 1. The summed E-state index contributed by atoms with van der Waals surface area (Å²) in [4.78, 5) is 38.6. The van der Waals surface area contributed by atoms with Gasteiger partial charge in [-0.05, 0) is 38.8 Å². The van der Waals surface area contributed by atoms with Crippen LogP contribution >= 0.6 is 0 Å². The van der Waals surface area contributed by atoms with Gasteiger partial charge < -0.3 is 15.0 Å². The number of nitrogens with one attached hydrogen (secondary N) is 1. The van der Waals surface area contributed by atoms with Crippen molar-refractivity contribution in [3.8, 4) is 5.75 Å². The maximum Gasteiger partial charge on any atom is 0.260 e. The second kappa shape index (κ2) is 10.8. The van der Waals surface area contributed by atoms with Crippen molar-refractivity contribution in [1.82, 2.24) is 10.2 Å². The molecule has 2 amide bonds. The summed E-state index contributed by atoms with van der Waals surface area (Å²) in [5.41, 5.74) is 2.88. The van der Waals surface area contributed by atoms with Gasteiger partial charge in [-0.15, -0.1) is 0 Å². The summed E-state index contributed by atoms with van der Waals surface area (Å²) in [5.74, 6) is 0.493. The number of Topliss-reactive ketones (excluding diaryl/α,β-unsaturated/α-hetero) is 1. The third-order valence-corrected chi connectivity index (χ3v) is 5.55. The molecule has 0 unspecified atom stereocenters. The van der Waals surface area contributed by atoms with Crippen molar-refractivity contribution >= 4 is 17.6 Å². The van der Waals surface area contributed by atoms with Gasteiger partial charge in [0, 0.05) is 37.5 Å². The van der Waals surface area contributed by atoms with Crippen LogP contribution in [0.25, 0.3) is 0 Å². The van der Waals surface area contributed by atoms with Gasteiger partial charge in [0.05, 0.1) is 0 Å². The van der Waals surface area contributed by atoms with Crippen molar-refractivity contribution in [2.45, 2.75) is 45.6 Å². The van der Waals surface area contributed by atoms with Gasteiger partial charge in [0.25, 0.3) is 5.91 Å². The van der Waals surface area contributed by atoms with Crippen molar-refractivity contribution < 1.29 is 19.1 Å². The summed E-state index contributed by atoms with van der Waals surface area (Å²) < 4.78 is 5.57. The Balaban J connectivity index is 1.34. The first-order chi connectivity index (χ1) is 14.9. The molecule has 2 aromatic carbocycles. The third-order valence-electron chi connectivity index (χ3n) is 5.55.